The van der Waals surface area contributed by atoms with Gasteiger partial charge in [-0.25, -0.2) is 8.42 Å². The largest absolute Gasteiger partial charge is 0.273 e. The van der Waals surface area contributed by atoms with Crippen molar-refractivity contribution >= 4 is 56.6 Å². The van der Waals surface area contributed by atoms with Crippen LogP contribution in [0, 0.1) is 5.92 Å². The number of hydrogen-bond acceptors (Lipinski definition) is 5. The van der Waals surface area contributed by atoms with Gasteiger partial charge in [-0.3, -0.25) is 20.4 Å². The number of benzene rings is 1. The zero-order valence-corrected chi connectivity index (χ0v) is 15.7. The molecule has 0 radical (unpaired) electrons. The SMILES string of the molecule is O=C(CSc1cc(Cl)ccc1Cl)NNC(=O)C[C@H]1CCS(=O)(=O)C1. The standard InChI is InChI=1S/C14H16Cl2N2O4S2/c15-10-1-2-11(16)12(6-10)23-7-14(20)18-17-13(19)5-9-3-4-24(21,22)8-9/h1-2,6,9H,3-5,7-8H2,(H,17,19)(H,18,20)/t9-/m1/s1. The summed E-state index contributed by atoms with van der Waals surface area (Å²) < 4.78 is 22.7. The molecule has 1 saturated heterocycles. The molecule has 1 aromatic carbocycles. The minimum atomic E-state index is -3.01. The van der Waals surface area contributed by atoms with E-state index in [1.165, 1.54) is 11.8 Å². The van der Waals surface area contributed by atoms with E-state index >= 15 is 0 Å². The summed E-state index contributed by atoms with van der Waals surface area (Å²) in [4.78, 5) is 24.1. The first-order chi connectivity index (χ1) is 11.2. The summed E-state index contributed by atoms with van der Waals surface area (Å²) in [6, 6.07) is 4.94. The van der Waals surface area contributed by atoms with Crippen LogP contribution in [0.5, 0.6) is 0 Å². The molecule has 2 N–H and O–H groups in total. The van der Waals surface area contributed by atoms with Crippen LogP contribution >= 0.6 is 35.0 Å². The average molecular weight is 411 g/mol. The van der Waals surface area contributed by atoms with Crippen molar-refractivity contribution in [3.8, 4) is 0 Å². The lowest BCUT2D eigenvalue weighted by Crippen LogP contribution is -2.43. The number of amides is 2. The number of hydrazine groups is 1. The summed E-state index contributed by atoms with van der Waals surface area (Å²) in [7, 11) is -3.01. The van der Waals surface area contributed by atoms with E-state index in [1.54, 1.807) is 18.2 Å². The van der Waals surface area contributed by atoms with Gasteiger partial charge in [0, 0.05) is 16.3 Å². The Morgan fingerprint density at radius 3 is 2.58 bits per heavy atom. The van der Waals surface area contributed by atoms with E-state index in [2.05, 4.69) is 10.9 Å². The Morgan fingerprint density at radius 2 is 1.92 bits per heavy atom. The third kappa shape index (κ3) is 6.16. The smallest absolute Gasteiger partial charge is 0.248 e. The molecule has 1 aromatic rings. The highest BCUT2D eigenvalue weighted by atomic mass is 35.5. The van der Waals surface area contributed by atoms with Gasteiger partial charge in [0.15, 0.2) is 9.84 Å². The maximum absolute atomic E-state index is 11.7. The van der Waals surface area contributed by atoms with Gasteiger partial charge in [-0.2, -0.15) is 0 Å². The number of halogens is 2. The van der Waals surface area contributed by atoms with Crippen LogP contribution in [0.3, 0.4) is 0 Å². The second-order valence-corrected chi connectivity index (χ2v) is 9.52. The second kappa shape index (κ2) is 8.42. The first-order valence-electron chi connectivity index (χ1n) is 7.11. The molecule has 1 aliphatic heterocycles. The van der Waals surface area contributed by atoms with Crippen LogP contribution in [-0.2, 0) is 19.4 Å². The minimum absolute atomic E-state index is 0.0253. The molecule has 0 unspecified atom stereocenters. The molecule has 132 valence electrons. The van der Waals surface area contributed by atoms with Crippen LogP contribution in [-0.4, -0.2) is 37.5 Å². The molecule has 0 spiro atoms. The van der Waals surface area contributed by atoms with Crippen LogP contribution in [0.4, 0.5) is 0 Å². The van der Waals surface area contributed by atoms with Crippen LogP contribution in [0.25, 0.3) is 0 Å². The highest BCUT2D eigenvalue weighted by Gasteiger charge is 2.29. The van der Waals surface area contributed by atoms with Crippen molar-refractivity contribution in [3.63, 3.8) is 0 Å². The molecule has 0 aromatic heterocycles. The molecular weight excluding hydrogens is 395 g/mol. The maximum Gasteiger partial charge on any atom is 0.248 e. The summed E-state index contributed by atoms with van der Waals surface area (Å²) in [6.45, 7) is 0. The van der Waals surface area contributed by atoms with E-state index in [1.807, 2.05) is 0 Å². The molecule has 24 heavy (non-hydrogen) atoms. The predicted molar refractivity (Wildman–Crippen MR) is 94.8 cm³/mol. The van der Waals surface area contributed by atoms with Gasteiger partial charge in [-0.1, -0.05) is 23.2 Å². The highest BCUT2D eigenvalue weighted by Crippen LogP contribution is 2.29. The van der Waals surface area contributed by atoms with E-state index in [9.17, 15) is 18.0 Å². The lowest BCUT2D eigenvalue weighted by molar-refractivity contribution is -0.128. The third-order valence-corrected chi connectivity index (χ3v) is 6.96. The fourth-order valence-corrected chi connectivity index (χ4v) is 5.41. The quantitative estimate of drug-likeness (QED) is 0.572. The topological polar surface area (TPSA) is 92.3 Å². The van der Waals surface area contributed by atoms with Gasteiger partial charge in [0.1, 0.15) is 0 Å². The van der Waals surface area contributed by atoms with Gasteiger partial charge >= 0.3 is 0 Å². The van der Waals surface area contributed by atoms with E-state index in [4.69, 9.17) is 23.2 Å². The van der Waals surface area contributed by atoms with E-state index in [-0.39, 0.29) is 29.6 Å². The summed E-state index contributed by atoms with van der Waals surface area (Å²) >= 11 is 13.1. The van der Waals surface area contributed by atoms with Crippen molar-refractivity contribution in [2.75, 3.05) is 17.3 Å². The fourth-order valence-electron chi connectivity index (χ4n) is 2.25. The molecule has 6 nitrogen and oxygen atoms in total. The van der Waals surface area contributed by atoms with E-state index in [0.717, 1.165) is 0 Å². The molecule has 1 fully saturated rings. The lowest BCUT2D eigenvalue weighted by atomic mass is 10.1. The van der Waals surface area contributed by atoms with Gasteiger partial charge in [-0.05, 0) is 30.5 Å². The molecule has 2 rings (SSSR count). The zero-order chi connectivity index (χ0) is 17.7. The van der Waals surface area contributed by atoms with Crippen LogP contribution in [0.15, 0.2) is 23.1 Å². The van der Waals surface area contributed by atoms with E-state index in [0.29, 0.717) is 21.4 Å². The lowest BCUT2D eigenvalue weighted by Gasteiger charge is -2.10. The van der Waals surface area contributed by atoms with E-state index < -0.39 is 21.7 Å². The van der Waals surface area contributed by atoms with Gasteiger partial charge in [0.25, 0.3) is 0 Å². The van der Waals surface area contributed by atoms with Gasteiger partial charge in [-0.15, -0.1) is 11.8 Å². The van der Waals surface area contributed by atoms with Crippen molar-refractivity contribution in [1.82, 2.24) is 10.9 Å². The predicted octanol–water partition coefficient (Wildman–Crippen LogP) is 2.06. The summed E-state index contributed by atoms with van der Waals surface area (Å²) in [5.74, 6) is -0.796. The van der Waals surface area contributed by atoms with Crippen molar-refractivity contribution in [2.24, 2.45) is 5.92 Å². The Bertz CT molecular complexity index is 740. The maximum atomic E-state index is 11.7. The Balaban J connectivity index is 1.71. The minimum Gasteiger partial charge on any atom is -0.273 e. The Kier molecular flexibility index (Phi) is 6.79. The molecule has 0 saturated carbocycles. The number of nitrogens with one attached hydrogen (secondary N) is 2. The number of thioether (sulfide) groups is 1. The number of hydrogen-bond donors (Lipinski definition) is 2. The summed E-state index contributed by atoms with van der Waals surface area (Å²) in [6.07, 6.45) is 0.555. The number of carbonyl (C=O) groups is 2. The molecule has 1 heterocycles. The Labute approximate surface area is 154 Å². The molecule has 1 atom stereocenters. The fraction of sp³-hybridized carbons (Fsp3) is 0.429. The van der Waals surface area contributed by atoms with Gasteiger partial charge < -0.3 is 0 Å². The van der Waals surface area contributed by atoms with Crippen molar-refractivity contribution < 1.29 is 18.0 Å². The van der Waals surface area contributed by atoms with Gasteiger partial charge in [0.05, 0.1) is 22.3 Å². The number of carbonyl (C=O) groups excluding carboxylic acids is 2. The number of sulfone groups is 1. The van der Waals surface area contributed by atoms with Crippen LogP contribution in [0.2, 0.25) is 10.0 Å². The van der Waals surface area contributed by atoms with Crippen molar-refractivity contribution in [3.05, 3.63) is 28.2 Å². The normalized spacial score (nSPS) is 19.0. The third-order valence-electron chi connectivity index (χ3n) is 3.39. The van der Waals surface area contributed by atoms with Crippen molar-refractivity contribution in [2.45, 2.75) is 17.7 Å². The first kappa shape index (κ1) is 19.4. The molecule has 1 aliphatic rings. The molecular formula is C14H16Cl2N2O4S2. The van der Waals surface area contributed by atoms with Crippen LogP contribution < -0.4 is 10.9 Å². The second-order valence-electron chi connectivity index (χ2n) is 5.43. The monoisotopic (exact) mass is 410 g/mol. The summed E-state index contributed by atoms with van der Waals surface area (Å²) in [5, 5.41) is 1.01. The van der Waals surface area contributed by atoms with Crippen molar-refractivity contribution in [1.29, 1.82) is 0 Å². The zero-order valence-electron chi connectivity index (χ0n) is 12.6. The Hall–Kier alpha value is -0.960. The number of rotatable bonds is 5. The average Bonchev–Trinajstić information content (AvgIpc) is 2.85. The Morgan fingerprint density at radius 1 is 1.21 bits per heavy atom. The van der Waals surface area contributed by atoms with Crippen LogP contribution in [0.1, 0.15) is 12.8 Å². The molecule has 2 amide bonds. The molecule has 0 bridgehead atoms. The summed E-state index contributed by atoms with van der Waals surface area (Å²) in [5.41, 5.74) is 4.59. The first-order valence-corrected chi connectivity index (χ1v) is 10.7. The van der Waals surface area contributed by atoms with Gasteiger partial charge in [0.2, 0.25) is 11.8 Å². The molecule has 0 aliphatic carbocycles. The molecule has 10 heteroatoms. The highest BCUT2D eigenvalue weighted by molar-refractivity contribution is 8.00.